The second-order valence-electron chi connectivity index (χ2n) is 8.94. The first-order chi connectivity index (χ1) is 15.4. The predicted octanol–water partition coefficient (Wildman–Crippen LogP) is 6.71. The molecular formula is C26H52O6. The van der Waals surface area contributed by atoms with Crippen LogP contribution in [0, 0.1) is 0 Å². The Labute approximate surface area is 196 Å². The number of aliphatic hydroxyl groups excluding tert-OH is 2. The second-order valence-corrected chi connectivity index (χ2v) is 8.94. The summed E-state index contributed by atoms with van der Waals surface area (Å²) in [5, 5.41) is 35.0. The number of aliphatic carboxylic acids is 2. The molecule has 0 rings (SSSR count). The molecule has 0 heterocycles. The molecule has 0 aliphatic heterocycles. The summed E-state index contributed by atoms with van der Waals surface area (Å²) in [6.07, 6.45) is 20.2. The number of hydrogen-bond donors (Lipinski definition) is 4. The number of carboxylic acids is 2. The van der Waals surface area contributed by atoms with Gasteiger partial charge in [-0.2, -0.15) is 0 Å². The summed E-state index contributed by atoms with van der Waals surface area (Å²) in [4.78, 5) is 20.6. The normalized spacial score (nSPS) is 12.6. The van der Waals surface area contributed by atoms with Gasteiger partial charge in [-0.05, 0) is 12.8 Å². The maximum atomic E-state index is 10.3. The predicted molar refractivity (Wildman–Crippen MR) is 131 cm³/mol. The van der Waals surface area contributed by atoms with E-state index in [1.165, 1.54) is 83.5 Å². The van der Waals surface area contributed by atoms with Crippen molar-refractivity contribution in [2.75, 3.05) is 0 Å². The van der Waals surface area contributed by atoms with E-state index in [2.05, 4.69) is 13.8 Å². The molecule has 6 heteroatoms. The summed E-state index contributed by atoms with van der Waals surface area (Å²) < 4.78 is 0. The van der Waals surface area contributed by atoms with E-state index in [4.69, 9.17) is 20.4 Å². The maximum absolute atomic E-state index is 10.3. The summed E-state index contributed by atoms with van der Waals surface area (Å²) in [7, 11) is 0. The molecule has 0 aromatic heterocycles. The quantitative estimate of drug-likeness (QED) is 0.134. The molecule has 0 bridgehead atoms. The molecule has 0 fully saturated rings. The lowest BCUT2D eigenvalue weighted by atomic mass is 10.0. The van der Waals surface area contributed by atoms with Gasteiger partial charge in [0.05, 0.1) is 0 Å². The van der Waals surface area contributed by atoms with E-state index in [0.29, 0.717) is 12.8 Å². The second kappa shape index (κ2) is 26.1. The van der Waals surface area contributed by atoms with E-state index in [1.54, 1.807) is 0 Å². The molecule has 0 saturated heterocycles. The van der Waals surface area contributed by atoms with Gasteiger partial charge in [0.15, 0.2) is 12.2 Å². The fraction of sp³-hybridized carbons (Fsp3) is 0.923. The van der Waals surface area contributed by atoms with Crippen LogP contribution in [0.5, 0.6) is 0 Å². The fourth-order valence-corrected chi connectivity index (χ4v) is 3.54. The highest BCUT2D eigenvalue weighted by molar-refractivity contribution is 5.72. The zero-order valence-electron chi connectivity index (χ0n) is 20.9. The van der Waals surface area contributed by atoms with Crippen molar-refractivity contribution in [1.29, 1.82) is 0 Å². The Bertz CT molecular complexity index is 413. The molecule has 0 aliphatic carbocycles. The first-order valence-corrected chi connectivity index (χ1v) is 13.2. The third-order valence-electron chi connectivity index (χ3n) is 5.73. The minimum Gasteiger partial charge on any atom is -0.479 e. The van der Waals surface area contributed by atoms with Crippen molar-refractivity contribution < 1.29 is 30.0 Å². The highest BCUT2D eigenvalue weighted by Gasteiger charge is 2.12. The fourth-order valence-electron chi connectivity index (χ4n) is 3.54. The molecule has 0 aliphatic rings. The summed E-state index contributed by atoms with van der Waals surface area (Å²) in [6.45, 7) is 4.43. The van der Waals surface area contributed by atoms with Gasteiger partial charge in [-0.15, -0.1) is 0 Å². The molecule has 2 unspecified atom stereocenters. The molecule has 0 aromatic carbocycles. The van der Waals surface area contributed by atoms with E-state index in [0.717, 1.165) is 32.1 Å². The molecule has 0 spiro atoms. The molecule has 0 radical (unpaired) electrons. The van der Waals surface area contributed by atoms with Crippen molar-refractivity contribution in [1.82, 2.24) is 0 Å². The summed E-state index contributed by atoms with van der Waals surface area (Å²) in [5.41, 5.74) is 0. The topological polar surface area (TPSA) is 115 Å². The molecule has 0 saturated carbocycles. The lowest BCUT2D eigenvalue weighted by molar-refractivity contribution is -0.147. The zero-order valence-corrected chi connectivity index (χ0v) is 20.9. The average Bonchev–Trinajstić information content (AvgIpc) is 2.76. The molecule has 192 valence electrons. The van der Waals surface area contributed by atoms with Gasteiger partial charge in [0.25, 0.3) is 0 Å². The van der Waals surface area contributed by atoms with Gasteiger partial charge >= 0.3 is 11.9 Å². The van der Waals surface area contributed by atoms with Crippen molar-refractivity contribution in [3.63, 3.8) is 0 Å². The van der Waals surface area contributed by atoms with Crippen LogP contribution in [-0.2, 0) is 9.59 Å². The lowest BCUT2D eigenvalue weighted by Crippen LogP contribution is -2.18. The monoisotopic (exact) mass is 460 g/mol. The number of aliphatic hydroxyl groups is 2. The Kier molecular flexibility index (Phi) is 27.0. The SMILES string of the molecule is CCCCCCCCCCC(O)C(=O)O.CCCCCCCCCCCCC(O)C(=O)O. The van der Waals surface area contributed by atoms with Crippen LogP contribution in [0.15, 0.2) is 0 Å². The summed E-state index contributed by atoms with van der Waals surface area (Å²) >= 11 is 0. The molecule has 0 aromatic rings. The molecule has 0 amide bonds. The average molecular weight is 461 g/mol. The first-order valence-electron chi connectivity index (χ1n) is 13.2. The number of carboxylic acid groups (broad SMARTS) is 2. The number of hydrogen-bond acceptors (Lipinski definition) is 4. The Morgan fingerprint density at radius 2 is 0.688 bits per heavy atom. The molecule has 2 atom stereocenters. The van der Waals surface area contributed by atoms with Crippen molar-refractivity contribution in [2.45, 2.75) is 154 Å². The van der Waals surface area contributed by atoms with Crippen LogP contribution in [0.2, 0.25) is 0 Å². The van der Waals surface area contributed by atoms with Crippen molar-refractivity contribution >= 4 is 11.9 Å². The van der Waals surface area contributed by atoms with Crippen LogP contribution >= 0.6 is 0 Å². The van der Waals surface area contributed by atoms with Gasteiger partial charge < -0.3 is 20.4 Å². The van der Waals surface area contributed by atoms with Crippen LogP contribution < -0.4 is 0 Å². The van der Waals surface area contributed by atoms with Crippen molar-refractivity contribution in [3.8, 4) is 0 Å². The van der Waals surface area contributed by atoms with E-state index in [1.807, 2.05) is 0 Å². The van der Waals surface area contributed by atoms with E-state index in [-0.39, 0.29) is 0 Å². The van der Waals surface area contributed by atoms with Gasteiger partial charge in [0, 0.05) is 0 Å². The Balaban J connectivity index is 0. The Morgan fingerprint density at radius 3 is 0.906 bits per heavy atom. The summed E-state index contributed by atoms with van der Waals surface area (Å²) in [6, 6.07) is 0. The van der Waals surface area contributed by atoms with Crippen LogP contribution in [0.1, 0.15) is 142 Å². The minimum absolute atomic E-state index is 0.393. The van der Waals surface area contributed by atoms with Crippen LogP contribution in [0.3, 0.4) is 0 Å². The highest BCUT2D eigenvalue weighted by atomic mass is 16.4. The first kappa shape index (κ1) is 33.0. The third kappa shape index (κ3) is 26.9. The number of rotatable bonds is 22. The number of unbranched alkanes of at least 4 members (excludes halogenated alkanes) is 16. The van der Waals surface area contributed by atoms with Crippen LogP contribution in [0.4, 0.5) is 0 Å². The van der Waals surface area contributed by atoms with Crippen molar-refractivity contribution in [2.24, 2.45) is 0 Å². The molecule has 4 N–H and O–H groups in total. The third-order valence-corrected chi connectivity index (χ3v) is 5.73. The Hall–Kier alpha value is -1.14. The largest absolute Gasteiger partial charge is 0.479 e. The maximum Gasteiger partial charge on any atom is 0.332 e. The van der Waals surface area contributed by atoms with E-state index < -0.39 is 24.1 Å². The lowest BCUT2D eigenvalue weighted by Gasteiger charge is -2.05. The van der Waals surface area contributed by atoms with Gasteiger partial charge in [-0.1, -0.05) is 129 Å². The highest BCUT2D eigenvalue weighted by Crippen LogP contribution is 2.12. The number of carbonyl (C=O) groups is 2. The van der Waals surface area contributed by atoms with Gasteiger partial charge in [-0.3, -0.25) is 0 Å². The van der Waals surface area contributed by atoms with Crippen LogP contribution in [-0.4, -0.2) is 44.6 Å². The summed E-state index contributed by atoms with van der Waals surface area (Å²) in [5.74, 6) is -2.20. The zero-order chi connectivity index (χ0) is 24.5. The van der Waals surface area contributed by atoms with Gasteiger partial charge in [0.2, 0.25) is 0 Å². The Morgan fingerprint density at radius 1 is 0.469 bits per heavy atom. The smallest absolute Gasteiger partial charge is 0.332 e. The van der Waals surface area contributed by atoms with Gasteiger partial charge in [-0.25, -0.2) is 9.59 Å². The molecular weight excluding hydrogens is 408 g/mol. The van der Waals surface area contributed by atoms with Gasteiger partial charge in [0.1, 0.15) is 0 Å². The van der Waals surface area contributed by atoms with E-state index >= 15 is 0 Å². The minimum atomic E-state index is -1.16. The van der Waals surface area contributed by atoms with E-state index in [9.17, 15) is 9.59 Å². The van der Waals surface area contributed by atoms with Crippen LogP contribution in [0.25, 0.3) is 0 Å². The van der Waals surface area contributed by atoms with Crippen molar-refractivity contribution in [3.05, 3.63) is 0 Å². The molecule has 32 heavy (non-hydrogen) atoms. The standard InChI is InChI=1S/C14H28O3.C12H24O3/c1-2-3-4-5-6-7-8-9-10-11-12-13(15)14(16)17;1-2-3-4-5-6-7-8-9-10-11(13)12(14)15/h13,15H,2-12H2,1H3,(H,16,17);11,13H,2-10H2,1H3,(H,14,15). The molecule has 6 nitrogen and oxygen atoms in total.